The van der Waals surface area contributed by atoms with Gasteiger partial charge in [-0.25, -0.2) is 0 Å². The lowest BCUT2D eigenvalue weighted by atomic mass is 9.84. The molecule has 1 aromatic rings. The smallest absolute Gasteiger partial charge is 0.0130 e. The van der Waals surface area contributed by atoms with E-state index < -0.39 is 0 Å². The summed E-state index contributed by atoms with van der Waals surface area (Å²) in [4.78, 5) is 2.78. The summed E-state index contributed by atoms with van der Waals surface area (Å²) in [6, 6.07) is 11.5. The molecule has 1 unspecified atom stereocenters. The lowest BCUT2D eigenvalue weighted by molar-refractivity contribution is 0.102. The van der Waals surface area contributed by atoms with Gasteiger partial charge in [-0.2, -0.15) is 0 Å². The van der Waals surface area contributed by atoms with Crippen molar-refractivity contribution in [1.82, 2.24) is 4.90 Å². The van der Waals surface area contributed by atoms with Gasteiger partial charge in [0.05, 0.1) is 0 Å². The predicted molar refractivity (Wildman–Crippen MR) is 86.6 cm³/mol. The zero-order chi connectivity index (χ0) is 13.6. The minimum Gasteiger partial charge on any atom is -0.300 e. The van der Waals surface area contributed by atoms with Crippen molar-refractivity contribution in [2.45, 2.75) is 51.0 Å². The van der Waals surface area contributed by atoms with Crippen LogP contribution >= 0.6 is 0 Å². The van der Waals surface area contributed by atoms with E-state index in [1.54, 1.807) is 0 Å². The Hall–Kier alpha value is -1.08. The monoisotopic (exact) mass is 269 g/mol. The summed E-state index contributed by atoms with van der Waals surface area (Å²) in [5.74, 6) is 1.01. The molecule has 3 rings (SSSR count). The van der Waals surface area contributed by atoms with Gasteiger partial charge in [0.25, 0.3) is 0 Å². The third-order valence-electron chi connectivity index (χ3n) is 4.98. The van der Waals surface area contributed by atoms with E-state index in [0.717, 1.165) is 12.0 Å². The maximum absolute atomic E-state index is 2.78. The molecule has 0 N–H and O–H groups in total. The van der Waals surface area contributed by atoms with Crippen LogP contribution in [0.4, 0.5) is 0 Å². The van der Waals surface area contributed by atoms with Gasteiger partial charge in [-0.3, -0.25) is 4.90 Å². The Labute approximate surface area is 123 Å². The first-order valence-electron chi connectivity index (χ1n) is 8.37. The molecule has 1 atom stereocenters. The van der Waals surface area contributed by atoms with Crippen LogP contribution in [0, 0.1) is 5.92 Å². The van der Waals surface area contributed by atoms with Crippen LogP contribution in [-0.2, 0) is 0 Å². The molecule has 20 heavy (non-hydrogen) atoms. The fourth-order valence-electron chi connectivity index (χ4n) is 3.50. The standard InChI is InChI=1S/C19H27N/c1-2-8-17(9-3-1)10-7-14-19-13-4-5-15-20(19)16-18-11-6-12-18/h1-3,7-10,18-19H,4-6,11-16H2. The number of likely N-dealkylation sites (tertiary alicyclic amines) is 1. The van der Waals surface area contributed by atoms with Crippen LogP contribution in [0.15, 0.2) is 36.4 Å². The Kier molecular flexibility index (Phi) is 4.91. The summed E-state index contributed by atoms with van der Waals surface area (Å²) >= 11 is 0. The van der Waals surface area contributed by atoms with Gasteiger partial charge in [0.1, 0.15) is 0 Å². The average molecular weight is 269 g/mol. The Bertz CT molecular complexity index is 419. The van der Waals surface area contributed by atoms with Gasteiger partial charge in [0, 0.05) is 12.6 Å². The topological polar surface area (TPSA) is 3.24 Å². The highest BCUT2D eigenvalue weighted by molar-refractivity contribution is 5.48. The average Bonchev–Trinajstić information content (AvgIpc) is 2.45. The van der Waals surface area contributed by atoms with Gasteiger partial charge in [0.15, 0.2) is 0 Å². The molecule has 0 radical (unpaired) electrons. The molecule has 1 heteroatoms. The first kappa shape index (κ1) is 13.9. The molecule has 1 nitrogen and oxygen atoms in total. The second kappa shape index (κ2) is 7.08. The van der Waals surface area contributed by atoms with Crippen LogP contribution in [0.25, 0.3) is 6.08 Å². The fourth-order valence-corrected chi connectivity index (χ4v) is 3.50. The summed E-state index contributed by atoms with van der Waals surface area (Å²) in [6.07, 6.45) is 14.5. The molecule has 1 saturated heterocycles. The number of rotatable bonds is 5. The van der Waals surface area contributed by atoms with Crippen molar-refractivity contribution in [1.29, 1.82) is 0 Å². The number of piperidine rings is 1. The molecule has 1 heterocycles. The second-order valence-corrected chi connectivity index (χ2v) is 6.49. The normalized spacial score (nSPS) is 24.9. The highest BCUT2D eigenvalue weighted by Gasteiger charge is 2.26. The Morgan fingerprint density at radius 2 is 1.85 bits per heavy atom. The van der Waals surface area contributed by atoms with E-state index in [0.29, 0.717) is 0 Å². The van der Waals surface area contributed by atoms with E-state index in [4.69, 9.17) is 0 Å². The third-order valence-corrected chi connectivity index (χ3v) is 4.98. The van der Waals surface area contributed by atoms with E-state index in [1.807, 2.05) is 0 Å². The zero-order valence-electron chi connectivity index (χ0n) is 12.5. The molecule has 2 fully saturated rings. The molecule has 1 saturated carbocycles. The van der Waals surface area contributed by atoms with Crippen LogP contribution in [-0.4, -0.2) is 24.0 Å². The third kappa shape index (κ3) is 3.73. The van der Waals surface area contributed by atoms with Gasteiger partial charge in [-0.05, 0) is 50.1 Å². The van der Waals surface area contributed by atoms with Gasteiger partial charge in [-0.15, -0.1) is 0 Å². The highest BCUT2D eigenvalue weighted by atomic mass is 15.2. The van der Waals surface area contributed by atoms with Gasteiger partial charge >= 0.3 is 0 Å². The van der Waals surface area contributed by atoms with Crippen molar-refractivity contribution in [2.24, 2.45) is 5.92 Å². The van der Waals surface area contributed by atoms with E-state index in [9.17, 15) is 0 Å². The summed E-state index contributed by atoms with van der Waals surface area (Å²) in [5, 5.41) is 0. The van der Waals surface area contributed by atoms with Crippen LogP contribution in [0.5, 0.6) is 0 Å². The minimum atomic E-state index is 0.796. The first-order chi connectivity index (χ1) is 9.92. The van der Waals surface area contributed by atoms with Crippen LogP contribution < -0.4 is 0 Å². The number of hydrogen-bond donors (Lipinski definition) is 0. The predicted octanol–water partition coefficient (Wildman–Crippen LogP) is 4.74. The second-order valence-electron chi connectivity index (χ2n) is 6.49. The lowest BCUT2D eigenvalue weighted by Gasteiger charge is -2.40. The number of benzene rings is 1. The van der Waals surface area contributed by atoms with Gasteiger partial charge in [0.2, 0.25) is 0 Å². The molecule has 0 spiro atoms. The molecule has 0 bridgehead atoms. The van der Waals surface area contributed by atoms with E-state index in [1.165, 1.54) is 63.6 Å². The van der Waals surface area contributed by atoms with Crippen molar-refractivity contribution < 1.29 is 0 Å². The molecule has 108 valence electrons. The summed E-state index contributed by atoms with van der Waals surface area (Å²) in [6.45, 7) is 2.70. The zero-order valence-corrected chi connectivity index (χ0v) is 12.5. The maximum atomic E-state index is 2.78. The van der Waals surface area contributed by atoms with Crippen molar-refractivity contribution in [3.05, 3.63) is 42.0 Å². The molecule has 0 amide bonds. The van der Waals surface area contributed by atoms with Crippen molar-refractivity contribution >= 4 is 6.08 Å². The van der Waals surface area contributed by atoms with Crippen molar-refractivity contribution in [3.8, 4) is 0 Å². The lowest BCUT2D eigenvalue weighted by Crippen LogP contribution is -2.43. The SMILES string of the molecule is C(=Cc1ccccc1)CC1CCCCN1CC1CCC1. The maximum Gasteiger partial charge on any atom is 0.0130 e. The quantitative estimate of drug-likeness (QED) is 0.746. The molecule has 1 aliphatic heterocycles. The van der Waals surface area contributed by atoms with Crippen LogP contribution in [0.3, 0.4) is 0 Å². The van der Waals surface area contributed by atoms with Gasteiger partial charge < -0.3 is 0 Å². The van der Waals surface area contributed by atoms with Gasteiger partial charge in [-0.1, -0.05) is 55.3 Å². The molecule has 0 aromatic heterocycles. The number of nitrogens with zero attached hydrogens (tertiary/aromatic N) is 1. The van der Waals surface area contributed by atoms with E-state index in [-0.39, 0.29) is 0 Å². The van der Waals surface area contributed by atoms with Crippen molar-refractivity contribution in [2.75, 3.05) is 13.1 Å². The summed E-state index contributed by atoms with van der Waals surface area (Å²) in [7, 11) is 0. The molecule has 2 aliphatic rings. The summed E-state index contributed by atoms with van der Waals surface area (Å²) in [5.41, 5.74) is 1.33. The number of hydrogen-bond acceptors (Lipinski definition) is 1. The largest absolute Gasteiger partial charge is 0.300 e. The minimum absolute atomic E-state index is 0.796. The highest BCUT2D eigenvalue weighted by Crippen LogP contribution is 2.30. The molecular weight excluding hydrogens is 242 g/mol. The molecule has 1 aliphatic carbocycles. The van der Waals surface area contributed by atoms with E-state index in [2.05, 4.69) is 47.4 Å². The Morgan fingerprint density at radius 1 is 1.00 bits per heavy atom. The van der Waals surface area contributed by atoms with E-state index >= 15 is 0 Å². The van der Waals surface area contributed by atoms with Crippen molar-refractivity contribution in [3.63, 3.8) is 0 Å². The first-order valence-corrected chi connectivity index (χ1v) is 8.37. The fraction of sp³-hybridized carbons (Fsp3) is 0.579. The summed E-state index contributed by atoms with van der Waals surface area (Å²) < 4.78 is 0. The molecular formula is C19H27N. The Morgan fingerprint density at radius 3 is 2.60 bits per heavy atom. The Balaban J connectivity index is 1.52. The molecule has 1 aromatic carbocycles. The van der Waals surface area contributed by atoms with Crippen LogP contribution in [0.1, 0.15) is 50.5 Å². The van der Waals surface area contributed by atoms with Crippen LogP contribution in [0.2, 0.25) is 0 Å².